The highest BCUT2D eigenvalue weighted by molar-refractivity contribution is 5.90. The standard InChI is InChI=1S/C42H50N6/c1-27(2)39-17-40(28(3)4)32-15-31(39)19-43-23-35-11-9-12-37(47-35)25-45-21-33-16-34(42(30(7)8)18-41(33)29(5)6)22-46-26-38-14-10-13-36(48-38)24-44-20-32/h9-22,27-30H,23-26H2,1-8H3. The summed E-state index contributed by atoms with van der Waals surface area (Å²) < 4.78 is 0. The Labute approximate surface area is 287 Å². The van der Waals surface area contributed by atoms with Crippen LogP contribution in [-0.4, -0.2) is 34.8 Å². The van der Waals surface area contributed by atoms with Crippen molar-refractivity contribution in [2.24, 2.45) is 20.0 Å². The lowest BCUT2D eigenvalue weighted by Gasteiger charge is -2.17. The topological polar surface area (TPSA) is 75.2 Å². The summed E-state index contributed by atoms with van der Waals surface area (Å²) in [5, 5.41) is 0. The van der Waals surface area contributed by atoms with E-state index < -0.39 is 0 Å². The summed E-state index contributed by atoms with van der Waals surface area (Å²) in [5.41, 5.74) is 13.3. The molecule has 6 heteroatoms. The minimum Gasteiger partial charge on any atom is -0.286 e. The van der Waals surface area contributed by atoms with Gasteiger partial charge in [-0.25, -0.2) is 0 Å². The van der Waals surface area contributed by atoms with Crippen molar-refractivity contribution in [2.75, 3.05) is 0 Å². The van der Waals surface area contributed by atoms with Crippen LogP contribution < -0.4 is 0 Å². The molecule has 0 fully saturated rings. The maximum atomic E-state index is 4.89. The predicted octanol–water partition coefficient (Wildman–Crippen LogP) is 9.76. The Morgan fingerprint density at radius 2 is 0.625 bits per heavy atom. The van der Waals surface area contributed by atoms with Crippen molar-refractivity contribution >= 4 is 24.9 Å². The van der Waals surface area contributed by atoms with Gasteiger partial charge in [0.05, 0.1) is 49.0 Å². The molecule has 1 aliphatic heterocycles. The fraction of sp³-hybridized carbons (Fsp3) is 0.381. The zero-order valence-corrected chi connectivity index (χ0v) is 29.9. The molecule has 0 N–H and O–H groups in total. The molecule has 0 spiro atoms. The van der Waals surface area contributed by atoms with E-state index in [2.05, 4.69) is 79.7 Å². The summed E-state index contributed by atoms with van der Waals surface area (Å²) in [6, 6.07) is 21.4. The largest absolute Gasteiger partial charge is 0.286 e. The van der Waals surface area contributed by atoms with Crippen LogP contribution in [0.1, 0.15) is 146 Å². The van der Waals surface area contributed by atoms with E-state index in [4.69, 9.17) is 29.9 Å². The summed E-state index contributed by atoms with van der Waals surface area (Å²) in [4.78, 5) is 29.2. The van der Waals surface area contributed by atoms with Crippen LogP contribution in [0.4, 0.5) is 0 Å². The summed E-state index contributed by atoms with van der Waals surface area (Å²) in [6.45, 7) is 19.9. The monoisotopic (exact) mass is 638 g/mol. The third-order valence-corrected chi connectivity index (χ3v) is 8.73. The fourth-order valence-electron chi connectivity index (χ4n) is 6.14. The Morgan fingerprint density at radius 1 is 0.375 bits per heavy atom. The SMILES string of the molecule is CC(C)c1cc(C(C)C)c2cc1C=NCc1cccc(n1)CN=Cc1cc(c(C(C)C)cc1C(C)C)C=NCc1cccc(n1)CN=C2. The molecule has 2 aromatic carbocycles. The van der Waals surface area contributed by atoms with Crippen LogP contribution in [0.3, 0.4) is 0 Å². The summed E-state index contributed by atoms with van der Waals surface area (Å²) in [7, 11) is 0. The summed E-state index contributed by atoms with van der Waals surface area (Å²) in [6.07, 6.45) is 8.00. The molecule has 8 bridgehead atoms. The summed E-state index contributed by atoms with van der Waals surface area (Å²) >= 11 is 0. The third kappa shape index (κ3) is 8.85. The van der Waals surface area contributed by atoms with Gasteiger partial charge in [0, 0.05) is 24.9 Å². The van der Waals surface area contributed by atoms with Crippen LogP contribution >= 0.6 is 0 Å². The first-order valence-corrected chi connectivity index (χ1v) is 17.3. The van der Waals surface area contributed by atoms with E-state index in [1.54, 1.807) is 0 Å². The van der Waals surface area contributed by atoms with Gasteiger partial charge in [-0.1, -0.05) is 79.7 Å². The number of aliphatic imine (C=N–C) groups is 4. The lowest BCUT2D eigenvalue weighted by Crippen LogP contribution is -2.05. The molecule has 0 saturated heterocycles. The quantitative estimate of drug-likeness (QED) is 0.223. The molecule has 0 saturated carbocycles. The first-order chi connectivity index (χ1) is 23.1. The molecule has 0 aliphatic carbocycles. The van der Waals surface area contributed by atoms with Gasteiger partial charge in [-0.2, -0.15) is 0 Å². The molecule has 248 valence electrons. The number of nitrogens with zero attached hydrogens (tertiary/aromatic N) is 6. The zero-order valence-electron chi connectivity index (χ0n) is 29.9. The average molecular weight is 639 g/mol. The second-order valence-corrected chi connectivity index (χ2v) is 14.0. The van der Waals surface area contributed by atoms with Gasteiger partial charge in [-0.05, 0) is 105 Å². The van der Waals surface area contributed by atoms with Gasteiger partial charge < -0.3 is 0 Å². The van der Waals surface area contributed by atoms with E-state index in [9.17, 15) is 0 Å². The molecule has 2 aromatic heterocycles. The zero-order chi connectivity index (χ0) is 34.2. The van der Waals surface area contributed by atoms with Crippen LogP contribution in [0.2, 0.25) is 0 Å². The van der Waals surface area contributed by atoms with E-state index in [1.165, 1.54) is 22.3 Å². The number of hydrogen-bond acceptors (Lipinski definition) is 6. The molecular weight excluding hydrogens is 589 g/mol. The van der Waals surface area contributed by atoms with E-state index >= 15 is 0 Å². The Hall–Kier alpha value is -4.58. The smallest absolute Gasteiger partial charge is 0.0812 e. The van der Waals surface area contributed by atoms with Gasteiger partial charge in [0.1, 0.15) is 0 Å². The lowest BCUT2D eigenvalue weighted by molar-refractivity contribution is 0.830. The highest BCUT2D eigenvalue weighted by atomic mass is 14.8. The second-order valence-electron chi connectivity index (χ2n) is 14.0. The Morgan fingerprint density at radius 3 is 0.854 bits per heavy atom. The van der Waals surface area contributed by atoms with Crippen LogP contribution in [0, 0.1) is 0 Å². The lowest BCUT2D eigenvalue weighted by atomic mass is 9.88. The molecule has 0 amide bonds. The molecule has 1 aliphatic rings. The van der Waals surface area contributed by atoms with Gasteiger partial charge in [0.25, 0.3) is 0 Å². The average Bonchev–Trinajstić information content (AvgIpc) is 3.04. The first-order valence-electron chi connectivity index (χ1n) is 17.3. The number of rotatable bonds is 4. The maximum absolute atomic E-state index is 4.89. The van der Waals surface area contributed by atoms with Gasteiger partial charge >= 0.3 is 0 Å². The second kappa shape index (κ2) is 16.0. The molecule has 4 aromatic rings. The predicted molar refractivity (Wildman–Crippen MR) is 203 cm³/mol. The Balaban J connectivity index is 1.57. The van der Waals surface area contributed by atoms with E-state index in [1.807, 2.05) is 61.3 Å². The number of benzene rings is 2. The van der Waals surface area contributed by atoms with Gasteiger partial charge in [-0.15, -0.1) is 0 Å². The van der Waals surface area contributed by atoms with Crippen LogP contribution in [0.5, 0.6) is 0 Å². The van der Waals surface area contributed by atoms with E-state index in [0.29, 0.717) is 49.9 Å². The number of aromatic nitrogens is 2. The summed E-state index contributed by atoms with van der Waals surface area (Å²) in [5.74, 6) is 1.46. The minimum atomic E-state index is 0.365. The maximum Gasteiger partial charge on any atom is 0.0812 e. The van der Waals surface area contributed by atoms with Crippen LogP contribution in [0.25, 0.3) is 0 Å². The third-order valence-electron chi connectivity index (χ3n) is 8.73. The van der Waals surface area contributed by atoms with Crippen molar-refractivity contribution in [3.8, 4) is 0 Å². The van der Waals surface area contributed by atoms with E-state index in [0.717, 1.165) is 45.0 Å². The number of hydrogen-bond donors (Lipinski definition) is 0. The highest BCUT2D eigenvalue weighted by Crippen LogP contribution is 2.29. The van der Waals surface area contributed by atoms with Crippen molar-refractivity contribution < 1.29 is 0 Å². The molecule has 0 radical (unpaired) electrons. The minimum absolute atomic E-state index is 0.365. The van der Waals surface area contributed by atoms with Crippen molar-refractivity contribution in [2.45, 2.75) is 105 Å². The number of fused-ring (bicyclic) bond motifs is 8. The van der Waals surface area contributed by atoms with Crippen LogP contribution in [-0.2, 0) is 26.2 Å². The van der Waals surface area contributed by atoms with Crippen LogP contribution in [0.15, 0.2) is 80.6 Å². The fourth-order valence-corrected chi connectivity index (χ4v) is 6.14. The first kappa shape index (κ1) is 34.7. The molecule has 48 heavy (non-hydrogen) atoms. The van der Waals surface area contributed by atoms with E-state index in [-0.39, 0.29) is 0 Å². The molecule has 3 heterocycles. The van der Waals surface area contributed by atoms with Crippen molar-refractivity contribution in [1.82, 2.24) is 9.97 Å². The Kier molecular flexibility index (Phi) is 11.6. The highest BCUT2D eigenvalue weighted by Gasteiger charge is 2.15. The van der Waals surface area contributed by atoms with Gasteiger partial charge in [0.15, 0.2) is 0 Å². The number of pyridine rings is 2. The van der Waals surface area contributed by atoms with Gasteiger partial charge in [0.2, 0.25) is 0 Å². The van der Waals surface area contributed by atoms with Gasteiger partial charge in [-0.3, -0.25) is 29.9 Å². The molecule has 0 atom stereocenters. The Bertz CT molecular complexity index is 1590. The molecule has 6 nitrogen and oxygen atoms in total. The molecular formula is C42H50N6. The van der Waals surface area contributed by atoms with Crippen molar-refractivity contribution in [1.29, 1.82) is 0 Å². The molecule has 0 unspecified atom stereocenters. The van der Waals surface area contributed by atoms with Crippen molar-refractivity contribution in [3.63, 3.8) is 0 Å². The molecule has 5 rings (SSSR count). The van der Waals surface area contributed by atoms with Crippen molar-refractivity contribution in [3.05, 3.63) is 128 Å². The normalized spacial score (nSPS) is 13.9.